The van der Waals surface area contributed by atoms with Crippen molar-refractivity contribution in [1.29, 1.82) is 0 Å². The molecule has 0 saturated carbocycles. The zero-order valence-corrected chi connectivity index (χ0v) is 15.5. The smallest absolute Gasteiger partial charge is 0.289 e. The number of hydrogen-bond donors (Lipinski definition) is 1. The lowest BCUT2D eigenvalue weighted by atomic mass is 9.95. The number of aryl methyl sites for hydroxylation is 1. The number of rotatable bonds is 2. The molecule has 0 radical (unpaired) electrons. The highest BCUT2D eigenvalue weighted by Crippen LogP contribution is 2.32. The zero-order chi connectivity index (χ0) is 17.6. The van der Waals surface area contributed by atoms with Crippen molar-refractivity contribution in [3.63, 3.8) is 0 Å². The van der Waals surface area contributed by atoms with Gasteiger partial charge in [-0.3, -0.25) is 4.79 Å². The molecule has 1 aliphatic rings. The van der Waals surface area contributed by atoms with Gasteiger partial charge in [0, 0.05) is 40.5 Å². The van der Waals surface area contributed by atoms with Gasteiger partial charge in [0.05, 0.1) is 0 Å². The van der Waals surface area contributed by atoms with Gasteiger partial charge in [0.2, 0.25) is 0 Å². The number of halogens is 1. The minimum absolute atomic E-state index is 0.0646. The monoisotopic (exact) mass is 398 g/mol. The van der Waals surface area contributed by atoms with Crippen LogP contribution in [0.25, 0.3) is 11.0 Å². The summed E-state index contributed by atoms with van der Waals surface area (Å²) in [6.07, 6.45) is 0. The van der Waals surface area contributed by atoms with Gasteiger partial charge in [-0.25, -0.2) is 0 Å². The van der Waals surface area contributed by atoms with E-state index in [-0.39, 0.29) is 17.9 Å². The number of benzene rings is 2. The molecule has 0 bridgehead atoms. The lowest BCUT2D eigenvalue weighted by Gasteiger charge is -2.15. The lowest BCUT2D eigenvalue weighted by molar-refractivity contribution is 0.0759. The van der Waals surface area contributed by atoms with Gasteiger partial charge >= 0.3 is 0 Å². The van der Waals surface area contributed by atoms with E-state index >= 15 is 0 Å². The molecule has 4 nitrogen and oxygen atoms in total. The second-order valence-corrected chi connectivity index (χ2v) is 7.50. The molecule has 2 aromatic carbocycles. The number of carbonyl (C=O) groups is 1. The van der Waals surface area contributed by atoms with Gasteiger partial charge in [0.25, 0.3) is 5.91 Å². The van der Waals surface area contributed by atoms with Crippen LogP contribution in [0.4, 0.5) is 0 Å². The number of furan rings is 1. The quantitative estimate of drug-likeness (QED) is 0.707. The number of fused-ring (bicyclic) bond motifs is 1. The average molecular weight is 399 g/mol. The largest absolute Gasteiger partial charge is 0.451 e. The Labute approximate surface area is 154 Å². The highest BCUT2D eigenvalue weighted by molar-refractivity contribution is 9.10. The van der Waals surface area contributed by atoms with Crippen molar-refractivity contribution in [1.82, 2.24) is 4.90 Å². The summed E-state index contributed by atoms with van der Waals surface area (Å²) in [4.78, 5) is 14.8. The van der Waals surface area contributed by atoms with Crippen LogP contribution in [0.15, 0.2) is 57.4 Å². The average Bonchev–Trinajstić information content (AvgIpc) is 3.16. The first-order valence-corrected chi connectivity index (χ1v) is 9.12. The maximum atomic E-state index is 13.0. The van der Waals surface area contributed by atoms with Crippen LogP contribution in [0.2, 0.25) is 0 Å². The minimum atomic E-state index is -0.0845. The number of carbonyl (C=O) groups excluding carboxylic acids is 1. The van der Waals surface area contributed by atoms with E-state index in [1.54, 1.807) is 0 Å². The topological polar surface area (TPSA) is 59.5 Å². The van der Waals surface area contributed by atoms with E-state index in [0.717, 1.165) is 21.0 Å². The summed E-state index contributed by atoms with van der Waals surface area (Å²) in [6.45, 7) is 3.08. The van der Waals surface area contributed by atoms with E-state index in [2.05, 4.69) is 28.1 Å². The second-order valence-electron chi connectivity index (χ2n) is 6.59. The molecule has 1 amide bonds. The van der Waals surface area contributed by atoms with Crippen LogP contribution < -0.4 is 5.73 Å². The Morgan fingerprint density at radius 3 is 2.72 bits per heavy atom. The molecule has 25 heavy (non-hydrogen) atoms. The Balaban J connectivity index is 1.63. The Morgan fingerprint density at radius 1 is 1.20 bits per heavy atom. The van der Waals surface area contributed by atoms with Crippen LogP contribution in [-0.4, -0.2) is 29.9 Å². The third-order valence-corrected chi connectivity index (χ3v) is 5.47. The first-order chi connectivity index (χ1) is 12.0. The lowest BCUT2D eigenvalue weighted by Crippen LogP contribution is -2.32. The highest BCUT2D eigenvalue weighted by Gasteiger charge is 2.36. The van der Waals surface area contributed by atoms with E-state index in [4.69, 9.17) is 10.2 Å². The fraction of sp³-hybridized carbons (Fsp3) is 0.250. The highest BCUT2D eigenvalue weighted by atomic mass is 79.9. The van der Waals surface area contributed by atoms with Crippen molar-refractivity contribution in [2.75, 3.05) is 13.1 Å². The normalized spacial score (nSPS) is 20.4. The Morgan fingerprint density at radius 2 is 1.96 bits per heavy atom. The molecule has 4 rings (SSSR count). The molecular formula is C20H19BrN2O2. The zero-order valence-electron chi connectivity index (χ0n) is 13.9. The molecule has 2 heterocycles. The summed E-state index contributed by atoms with van der Waals surface area (Å²) in [6, 6.07) is 15.9. The Kier molecular flexibility index (Phi) is 4.13. The van der Waals surface area contributed by atoms with Crippen molar-refractivity contribution >= 4 is 32.8 Å². The number of nitrogens with two attached hydrogens (primary N) is 1. The van der Waals surface area contributed by atoms with E-state index in [1.165, 1.54) is 5.56 Å². The summed E-state index contributed by atoms with van der Waals surface area (Å²) < 4.78 is 6.82. The van der Waals surface area contributed by atoms with E-state index in [1.807, 2.05) is 48.2 Å². The molecule has 128 valence electrons. The molecule has 0 spiro atoms. The van der Waals surface area contributed by atoms with Crippen LogP contribution in [0.5, 0.6) is 0 Å². The fourth-order valence-electron chi connectivity index (χ4n) is 3.59. The van der Waals surface area contributed by atoms with Crippen LogP contribution in [0.3, 0.4) is 0 Å². The van der Waals surface area contributed by atoms with Gasteiger partial charge in [-0.05, 0) is 30.7 Å². The van der Waals surface area contributed by atoms with Crippen molar-refractivity contribution in [2.24, 2.45) is 5.73 Å². The maximum absolute atomic E-state index is 13.0. The van der Waals surface area contributed by atoms with Crippen molar-refractivity contribution in [3.8, 4) is 0 Å². The molecule has 2 atom stereocenters. The van der Waals surface area contributed by atoms with Gasteiger partial charge in [0.1, 0.15) is 5.58 Å². The van der Waals surface area contributed by atoms with Gasteiger partial charge < -0.3 is 15.1 Å². The van der Waals surface area contributed by atoms with Crippen LogP contribution in [0.1, 0.15) is 27.6 Å². The number of likely N-dealkylation sites (tertiary alicyclic amines) is 1. The van der Waals surface area contributed by atoms with Crippen molar-refractivity contribution < 1.29 is 9.21 Å². The molecule has 2 N–H and O–H groups in total. The SMILES string of the molecule is Cc1c(C(=O)N2C[C@@H](N)[C@H](c3ccccc3)C2)oc2ccc(Br)cc12. The maximum Gasteiger partial charge on any atom is 0.289 e. The summed E-state index contributed by atoms with van der Waals surface area (Å²) >= 11 is 3.47. The number of hydrogen-bond acceptors (Lipinski definition) is 3. The van der Waals surface area contributed by atoms with Crippen LogP contribution in [-0.2, 0) is 0 Å². The molecular weight excluding hydrogens is 380 g/mol. The molecule has 1 aliphatic heterocycles. The minimum Gasteiger partial charge on any atom is -0.451 e. The number of amides is 1. The number of nitrogens with zero attached hydrogens (tertiary/aromatic N) is 1. The molecule has 5 heteroatoms. The first kappa shape index (κ1) is 16.4. The van der Waals surface area contributed by atoms with Crippen LogP contribution >= 0.6 is 15.9 Å². The molecule has 3 aromatic rings. The fourth-order valence-corrected chi connectivity index (χ4v) is 3.95. The van der Waals surface area contributed by atoms with Gasteiger partial charge in [-0.15, -0.1) is 0 Å². The van der Waals surface area contributed by atoms with Crippen molar-refractivity contribution in [2.45, 2.75) is 18.9 Å². The van der Waals surface area contributed by atoms with Crippen molar-refractivity contribution in [3.05, 3.63) is 69.9 Å². The summed E-state index contributed by atoms with van der Waals surface area (Å²) in [5.74, 6) is 0.483. The van der Waals surface area contributed by atoms with Gasteiger partial charge in [0.15, 0.2) is 5.76 Å². The van der Waals surface area contributed by atoms with Gasteiger partial charge in [-0.1, -0.05) is 46.3 Å². The summed E-state index contributed by atoms with van der Waals surface area (Å²) in [5.41, 5.74) is 9.10. The molecule has 0 aliphatic carbocycles. The summed E-state index contributed by atoms with van der Waals surface area (Å²) in [5, 5.41) is 0.959. The van der Waals surface area contributed by atoms with E-state index in [9.17, 15) is 4.79 Å². The van der Waals surface area contributed by atoms with Crippen LogP contribution in [0, 0.1) is 6.92 Å². The Bertz CT molecular complexity index is 936. The molecule has 1 saturated heterocycles. The molecule has 0 unspecified atom stereocenters. The third kappa shape index (κ3) is 2.87. The predicted molar refractivity (Wildman–Crippen MR) is 102 cm³/mol. The second kappa shape index (κ2) is 6.32. The predicted octanol–water partition coefficient (Wildman–Crippen LogP) is 4.07. The van der Waals surface area contributed by atoms with E-state index < -0.39 is 0 Å². The van der Waals surface area contributed by atoms with E-state index in [0.29, 0.717) is 18.8 Å². The van der Waals surface area contributed by atoms with Gasteiger partial charge in [-0.2, -0.15) is 0 Å². The third-order valence-electron chi connectivity index (χ3n) is 4.97. The standard InChI is InChI=1S/C20H19BrN2O2/c1-12-15-9-14(21)7-8-18(15)25-19(12)20(24)23-10-16(17(22)11-23)13-5-3-2-4-6-13/h2-9,16-17H,10-11,22H2,1H3/t16-,17+/m0/s1. The first-order valence-electron chi connectivity index (χ1n) is 8.33. The molecule has 1 aromatic heterocycles. The summed E-state index contributed by atoms with van der Waals surface area (Å²) in [7, 11) is 0. The molecule has 1 fully saturated rings. The Hall–Kier alpha value is -2.11.